The van der Waals surface area contributed by atoms with Gasteiger partial charge in [0, 0.05) is 5.92 Å². The van der Waals surface area contributed by atoms with E-state index in [0.29, 0.717) is 11.8 Å². The molecule has 1 aromatic rings. The summed E-state index contributed by atoms with van der Waals surface area (Å²) in [6, 6.07) is 6.53. The van der Waals surface area contributed by atoms with E-state index < -0.39 is 0 Å². The molecule has 1 heterocycles. The molecule has 72 valence electrons. The van der Waals surface area contributed by atoms with Crippen LogP contribution < -0.4 is 5.73 Å². The minimum atomic E-state index is 0.533. The number of fused-ring (bicyclic) bond motifs is 3. The van der Waals surface area contributed by atoms with Crippen LogP contribution in [0.5, 0.6) is 0 Å². The molecular weight excluding hydrogens is 172 g/mol. The molecule has 2 nitrogen and oxygen atoms in total. The lowest BCUT2D eigenvalue weighted by atomic mass is 9.67. The fourth-order valence-corrected chi connectivity index (χ4v) is 2.51. The van der Waals surface area contributed by atoms with E-state index in [-0.39, 0.29) is 0 Å². The van der Waals surface area contributed by atoms with Gasteiger partial charge >= 0.3 is 0 Å². The molecule has 1 saturated carbocycles. The topological polar surface area (TPSA) is 38.4 Å². The van der Waals surface area contributed by atoms with Crippen molar-refractivity contribution in [3.63, 3.8) is 0 Å². The average molecular weight is 186 g/mol. The lowest BCUT2D eigenvalue weighted by Gasteiger charge is -2.40. The molecule has 2 atom stereocenters. The van der Waals surface area contributed by atoms with Crippen molar-refractivity contribution in [1.29, 1.82) is 0 Å². The number of nitrogens with two attached hydrogens (primary N) is 1. The number of hydrogen-bond acceptors (Lipinski definition) is 2. The molecule has 0 aromatic heterocycles. The molecular formula is C12H14N2. The first-order valence-corrected chi connectivity index (χ1v) is 5.20. The third kappa shape index (κ3) is 0.939. The first kappa shape index (κ1) is 8.04. The van der Waals surface area contributed by atoms with Crippen LogP contribution in [0.4, 0.5) is 5.69 Å². The van der Waals surface area contributed by atoms with Crippen molar-refractivity contribution < 1.29 is 0 Å². The van der Waals surface area contributed by atoms with Gasteiger partial charge in [0.2, 0.25) is 0 Å². The molecule has 2 N–H and O–H groups in total. The van der Waals surface area contributed by atoms with Crippen LogP contribution in [0.1, 0.15) is 29.9 Å². The van der Waals surface area contributed by atoms with Crippen LogP contribution in [0.2, 0.25) is 0 Å². The molecule has 1 aliphatic carbocycles. The first-order valence-electron chi connectivity index (χ1n) is 5.20. The van der Waals surface area contributed by atoms with Gasteiger partial charge in [-0.25, -0.2) is 4.99 Å². The van der Waals surface area contributed by atoms with Gasteiger partial charge in [0.1, 0.15) is 5.84 Å². The maximum Gasteiger partial charge on any atom is 0.103 e. The van der Waals surface area contributed by atoms with Crippen molar-refractivity contribution in [1.82, 2.24) is 0 Å². The zero-order chi connectivity index (χ0) is 9.71. The van der Waals surface area contributed by atoms with Crippen LogP contribution in [0, 0.1) is 12.8 Å². The quantitative estimate of drug-likeness (QED) is 0.664. The lowest BCUT2D eigenvalue weighted by Crippen LogP contribution is -2.38. The Hall–Kier alpha value is -1.31. The van der Waals surface area contributed by atoms with Gasteiger partial charge in [-0.1, -0.05) is 12.1 Å². The van der Waals surface area contributed by atoms with Gasteiger partial charge in [-0.3, -0.25) is 0 Å². The summed E-state index contributed by atoms with van der Waals surface area (Å²) in [6.07, 6.45) is 2.49. The summed E-state index contributed by atoms with van der Waals surface area (Å²) in [4.78, 5) is 4.48. The van der Waals surface area contributed by atoms with Crippen molar-refractivity contribution >= 4 is 11.5 Å². The van der Waals surface area contributed by atoms with Gasteiger partial charge in [-0.15, -0.1) is 0 Å². The predicted octanol–water partition coefficient (Wildman–Crippen LogP) is 2.49. The highest BCUT2D eigenvalue weighted by Gasteiger charge is 2.38. The number of rotatable bonds is 0. The van der Waals surface area contributed by atoms with Gasteiger partial charge in [-0.05, 0) is 42.9 Å². The second kappa shape index (κ2) is 2.59. The molecule has 0 saturated heterocycles. The van der Waals surface area contributed by atoms with Crippen molar-refractivity contribution in [2.45, 2.75) is 25.7 Å². The van der Waals surface area contributed by atoms with Crippen LogP contribution in [0.15, 0.2) is 23.2 Å². The highest BCUT2D eigenvalue weighted by molar-refractivity contribution is 5.90. The molecule has 0 radical (unpaired) electrons. The molecule has 2 heteroatoms. The normalized spacial score (nSPS) is 28.5. The summed E-state index contributed by atoms with van der Waals surface area (Å²) in [7, 11) is 0. The van der Waals surface area contributed by atoms with E-state index in [2.05, 4.69) is 30.1 Å². The van der Waals surface area contributed by atoms with Crippen molar-refractivity contribution in [2.24, 2.45) is 16.6 Å². The molecule has 3 rings (SSSR count). The van der Waals surface area contributed by atoms with Gasteiger partial charge < -0.3 is 5.73 Å². The van der Waals surface area contributed by atoms with Crippen LogP contribution in [0.3, 0.4) is 0 Å². The monoisotopic (exact) mass is 186 g/mol. The van der Waals surface area contributed by atoms with Gasteiger partial charge in [0.05, 0.1) is 5.69 Å². The number of aliphatic imine (C=N–C) groups is 1. The second-order valence-corrected chi connectivity index (χ2v) is 4.39. The minimum absolute atomic E-state index is 0.533. The summed E-state index contributed by atoms with van der Waals surface area (Å²) in [5, 5.41) is 0. The van der Waals surface area contributed by atoms with Crippen molar-refractivity contribution in [2.75, 3.05) is 0 Å². The Labute approximate surface area is 83.8 Å². The SMILES string of the molecule is Cc1ccc2c(c1)N=C(N)C1CCC21. The van der Waals surface area contributed by atoms with Gasteiger partial charge in [0.15, 0.2) is 0 Å². The number of nitrogens with zero attached hydrogens (tertiary/aromatic N) is 1. The molecule has 1 aliphatic heterocycles. The maximum atomic E-state index is 5.93. The second-order valence-electron chi connectivity index (χ2n) is 4.39. The average Bonchev–Trinajstić information content (AvgIpc) is 2.05. The van der Waals surface area contributed by atoms with Crippen molar-refractivity contribution in [3.05, 3.63) is 29.3 Å². The third-order valence-corrected chi connectivity index (χ3v) is 3.49. The summed E-state index contributed by atoms with van der Waals surface area (Å²) in [5.41, 5.74) is 9.70. The maximum absolute atomic E-state index is 5.93. The molecule has 2 unspecified atom stereocenters. The van der Waals surface area contributed by atoms with E-state index >= 15 is 0 Å². The molecule has 0 bridgehead atoms. The first-order chi connectivity index (χ1) is 6.75. The predicted molar refractivity (Wildman–Crippen MR) is 57.9 cm³/mol. The molecule has 0 spiro atoms. The van der Waals surface area contributed by atoms with E-state index in [1.807, 2.05) is 0 Å². The Morgan fingerprint density at radius 2 is 2.07 bits per heavy atom. The van der Waals surface area contributed by atoms with Crippen LogP contribution in [-0.2, 0) is 0 Å². The number of benzene rings is 1. The Bertz CT molecular complexity index is 420. The zero-order valence-electron chi connectivity index (χ0n) is 8.33. The zero-order valence-corrected chi connectivity index (χ0v) is 8.33. The number of amidine groups is 1. The van der Waals surface area contributed by atoms with E-state index in [1.165, 1.54) is 24.0 Å². The molecule has 2 aliphatic rings. The Balaban J connectivity index is 2.17. The lowest BCUT2D eigenvalue weighted by molar-refractivity contribution is 0.333. The van der Waals surface area contributed by atoms with E-state index in [4.69, 9.17) is 5.73 Å². The number of aryl methyl sites for hydroxylation is 1. The standard InChI is InChI=1S/C12H14N2/c1-7-2-3-9-8-4-5-10(8)12(13)14-11(9)6-7/h2-3,6,8,10H,4-5H2,1H3,(H2,13,14). The Morgan fingerprint density at radius 1 is 1.29 bits per heavy atom. The molecule has 14 heavy (non-hydrogen) atoms. The molecule has 0 amide bonds. The van der Waals surface area contributed by atoms with E-state index in [1.54, 1.807) is 0 Å². The smallest absolute Gasteiger partial charge is 0.103 e. The van der Waals surface area contributed by atoms with Crippen LogP contribution in [0.25, 0.3) is 0 Å². The highest BCUT2D eigenvalue weighted by Crippen LogP contribution is 2.49. The summed E-state index contributed by atoms with van der Waals surface area (Å²) in [5.74, 6) is 2.03. The minimum Gasteiger partial charge on any atom is -0.387 e. The Kier molecular flexibility index (Phi) is 1.49. The van der Waals surface area contributed by atoms with E-state index in [9.17, 15) is 0 Å². The van der Waals surface area contributed by atoms with Gasteiger partial charge in [0.25, 0.3) is 0 Å². The number of hydrogen-bond donors (Lipinski definition) is 1. The van der Waals surface area contributed by atoms with Gasteiger partial charge in [-0.2, -0.15) is 0 Å². The Morgan fingerprint density at radius 3 is 2.79 bits per heavy atom. The fraction of sp³-hybridized carbons (Fsp3) is 0.417. The van der Waals surface area contributed by atoms with E-state index in [0.717, 1.165) is 11.5 Å². The fourth-order valence-electron chi connectivity index (χ4n) is 2.51. The van der Waals surface area contributed by atoms with Crippen LogP contribution in [-0.4, -0.2) is 5.84 Å². The molecule has 1 fully saturated rings. The summed E-state index contributed by atoms with van der Waals surface area (Å²) in [6.45, 7) is 2.10. The summed E-state index contributed by atoms with van der Waals surface area (Å²) < 4.78 is 0. The highest BCUT2D eigenvalue weighted by atomic mass is 14.9. The van der Waals surface area contributed by atoms with Crippen LogP contribution >= 0.6 is 0 Å². The third-order valence-electron chi connectivity index (χ3n) is 3.49. The summed E-state index contributed by atoms with van der Waals surface area (Å²) >= 11 is 0. The molecule has 1 aromatic carbocycles. The van der Waals surface area contributed by atoms with Crippen molar-refractivity contribution in [3.8, 4) is 0 Å². The largest absolute Gasteiger partial charge is 0.387 e.